The minimum absolute atomic E-state index is 0.0274. The summed E-state index contributed by atoms with van der Waals surface area (Å²) in [4.78, 5) is 15.7. The number of benzene rings is 1. The summed E-state index contributed by atoms with van der Waals surface area (Å²) >= 11 is 5.80. The Kier molecular flexibility index (Phi) is 4.96. The van der Waals surface area contributed by atoms with Crippen LogP contribution in [-0.4, -0.2) is 55.5 Å². The van der Waals surface area contributed by atoms with Gasteiger partial charge in [-0.2, -0.15) is 0 Å². The van der Waals surface area contributed by atoms with Crippen molar-refractivity contribution >= 4 is 17.5 Å². The van der Waals surface area contributed by atoms with E-state index < -0.39 is 5.82 Å². The minimum Gasteiger partial charge on any atom is -0.347 e. The van der Waals surface area contributed by atoms with E-state index in [0.717, 1.165) is 6.54 Å². The highest BCUT2D eigenvalue weighted by Crippen LogP contribution is 2.20. The van der Waals surface area contributed by atoms with Gasteiger partial charge in [-0.15, -0.1) is 0 Å². The van der Waals surface area contributed by atoms with Crippen molar-refractivity contribution in [3.8, 4) is 0 Å². The standard InChI is InChI=1S/C14H19ClFN3O/c1-18(2)14(20)12-8-17-6-7-19(12)9-10-4-3-5-11(15)13(10)16/h3-5,12,17H,6-9H2,1-2H3. The van der Waals surface area contributed by atoms with Gasteiger partial charge in [-0.25, -0.2) is 4.39 Å². The number of nitrogens with zero attached hydrogens (tertiary/aromatic N) is 2. The summed E-state index contributed by atoms with van der Waals surface area (Å²) in [7, 11) is 3.46. The van der Waals surface area contributed by atoms with E-state index in [-0.39, 0.29) is 17.0 Å². The molecule has 0 saturated carbocycles. The van der Waals surface area contributed by atoms with Gasteiger partial charge in [0.15, 0.2) is 0 Å². The summed E-state index contributed by atoms with van der Waals surface area (Å²) in [6, 6.07) is 4.70. The highest BCUT2D eigenvalue weighted by molar-refractivity contribution is 6.30. The largest absolute Gasteiger partial charge is 0.347 e. The molecule has 1 aliphatic rings. The van der Waals surface area contributed by atoms with Crippen molar-refractivity contribution in [2.45, 2.75) is 12.6 Å². The highest BCUT2D eigenvalue weighted by Gasteiger charge is 2.30. The second-order valence-electron chi connectivity index (χ2n) is 5.14. The molecule has 6 heteroatoms. The van der Waals surface area contributed by atoms with Crippen LogP contribution in [0, 0.1) is 5.82 Å². The summed E-state index contributed by atoms with van der Waals surface area (Å²) in [5, 5.41) is 3.32. The summed E-state index contributed by atoms with van der Waals surface area (Å²) in [6.07, 6.45) is 0. The number of amides is 1. The Morgan fingerprint density at radius 2 is 2.30 bits per heavy atom. The van der Waals surface area contributed by atoms with Crippen molar-refractivity contribution in [3.05, 3.63) is 34.6 Å². The van der Waals surface area contributed by atoms with Crippen molar-refractivity contribution in [1.82, 2.24) is 15.1 Å². The predicted octanol–water partition coefficient (Wildman–Crippen LogP) is 1.34. The lowest BCUT2D eigenvalue weighted by molar-refractivity contribution is -0.135. The maximum absolute atomic E-state index is 14.0. The fourth-order valence-corrected chi connectivity index (χ4v) is 2.56. The molecule has 1 unspecified atom stereocenters. The first-order valence-electron chi connectivity index (χ1n) is 6.59. The number of likely N-dealkylation sites (N-methyl/N-ethyl adjacent to an activating group) is 1. The van der Waals surface area contributed by atoms with E-state index in [4.69, 9.17) is 11.6 Å². The van der Waals surface area contributed by atoms with E-state index in [0.29, 0.717) is 25.2 Å². The number of carbonyl (C=O) groups is 1. The molecule has 1 aliphatic heterocycles. The van der Waals surface area contributed by atoms with Crippen molar-refractivity contribution < 1.29 is 9.18 Å². The van der Waals surface area contributed by atoms with Gasteiger partial charge in [0.25, 0.3) is 0 Å². The molecule has 1 aromatic rings. The minimum atomic E-state index is -0.399. The summed E-state index contributed by atoms with van der Waals surface area (Å²) < 4.78 is 14.0. The molecular weight excluding hydrogens is 281 g/mol. The van der Waals surface area contributed by atoms with Crippen LogP contribution in [0.5, 0.6) is 0 Å². The van der Waals surface area contributed by atoms with Crippen LogP contribution in [0.1, 0.15) is 5.56 Å². The topological polar surface area (TPSA) is 35.6 Å². The number of carbonyl (C=O) groups excluding carboxylic acids is 1. The average molecular weight is 300 g/mol. The number of nitrogens with one attached hydrogen (secondary N) is 1. The highest BCUT2D eigenvalue weighted by atomic mass is 35.5. The quantitative estimate of drug-likeness (QED) is 0.915. The van der Waals surface area contributed by atoms with Crippen LogP contribution < -0.4 is 5.32 Å². The first-order chi connectivity index (χ1) is 9.50. The summed E-state index contributed by atoms with van der Waals surface area (Å²) in [6.45, 7) is 2.47. The van der Waals surface area contributed by atoms with E-state index in [1.165, 1.54) is 6.07 Å². The molecule has 110 valence electrons. The molecule has 0 aromatic heterocycles. The molecule has 1 amide bonds. The van der Waals surface area contributed by atoms with Crippen LogP contribution >= 0.6 is 11.6 Å². The SMILES string of the molecule is CN(C)C(=O)C1CNCCN1Cc1cccc(Cl)c1F. The lowest BCUT2D eigenvalue weighted by Crippen LogP contribution is -2.57. The monoisotopic (exact) mass is 299 g/mol. The van der Waals surface area contributed by atoms with Gasteiger partial charge in [-0.05, 0) is 6.07 Å². The van der Waals surface area contributed by atoms with Crippen LogP contribution in [-0.2, 0) is 11.3 Å². The third-order valence-electron chi connectivity index (χ3n) is 3.49. The number of piperazine rings is 1. The average Bonchev–Trinajstić information content (AvgIpc) is 2.43. The Hall–Kier alpha value is -1.17. The second kappa shape index (κ2) is 6.52. The number of rotatable bonds is 3. The molecule has 20 heavy (non-hydrogen) atoms. The van der Waals surface area contributed by atoms with Gasteiger partial charge in [0.2, 0.25) is 5.91 Å². The van der Waals surface area contributed by atoms with Gasteiger partial charge >= 0.3 is 0 Å². The van der Waals surface area contributed by atoms with Crippen molar-refractivity contribution in [3.63, 3.8) is 0 Å². The van der Waals surface area contributed by atoms with Crippen LogP contribution in [0.3, 0.4) is 0 Å². The molecule has 1 aromatic carbocycles. The van der Waals surface area contributed by atoms with Gasteiger partial charge in [-0.3, -0.25) is 9.69 Å². The van der Waals surface area contributed by atoms with E-state index in [2.05, 4.69) is 5.32 Å². The van der Waals surface area contributed by atoms with Crippen LogP contribution in [0.15, 0.2) is 18.2 Å². The zero-order valence-corrected chi connectivity index (χ0v) is 12.5. The Morgan fingerprint density at radius 1 is 1.55 bits per heavy atom. The lowest BCUT2D eigenvalue weighted by Gasteiger charge is -2.36. The van der Waals surface area contributed by atoms with Gasteiger partial charge in [0, 0.05) is 45.8 Å². The zero-order valence-electron chi connectivity index (χ0n) is 11.7. The molecule has 1 atom stereocenters. The van der Waals surface area contributed by atoms with E-state index >= 15 is 0 Å². The van der Waals surface area contributed by atoms with Gasteiger partial charge in [0.05, 0.1) is 5.02 Å². The molecular formula is C14H19ClFN3O. The molecule has 0 aliphatic carbocycles. The Bertz CT molecular complexity index is 495. The van der Waals surface area contributed by atoms with Crippen molar-refractivity contribution in [2.24, 2.45) is 0 Å². The molecule has 1 heterocycles. The van der Waals surface area contributed by atoms with Gasteiger partial charge in [0.1, 0.15) is 11.9 Å². The Morgan fingerprint density at radius 3 is 3.00 bits per heavy atom. The third kappa shape index (κ3) is 3.29. The smallest absolute Gasteiger partial charge is 0.240 e. The maximum Gasteiger partial charge on any atom is 0.240 e. The lowest BCUT2D eigenvalue weighted by atomic mass is 10.1. The number of hydrogen-bond donors (Lipinski definition) is 1. The molecule has 2 rings (SSSR count). The maximum atomic E-state index is 14.0. The third-order valence-corrected chi connectivity index (χ3v) is 3.78. The zero-order chi connectivity index (χ0) is 14.7. The first-order valence-corrected chi connectivity index (χ1v) is 6.97. The van der Waals surface area contributed by atoms with Gasteiger partial charge < -0.3 is 10.2 Å². The van der Waals surface area contributed by atoms with E-state index in [9.17, 15) is 9.18 Å². The fourth-order valence-electron chi connectivity index (χ4n) is 2.37. The number of hydrogen-bond acceptors (Lipinski definition) is 3. The van der Waals surface area contributed by atoms with Crippen molar-refractivity contribution in [2.75, 3.05) is 33.7 Å². The molecule has 1 saturated heterocycles. The molecule has 1 fully saturated rings. The first kappa shape index (κ1) is 15.2. The normalized spacial score (nSPS) is 19.9. The molecule has 0 spiro atoms. The van der Waals surface area contributed by atoms with Crippen LogP contribution in [0.2, 0.25) is 5.02 Å². The van der Waals surface area contributed by atoms with Crippen LogP contribution in [0.4, 0.5) is 4.39 Å². The van der Waals surface area contributed by atoms with Crippen molar-refractivity contribution in [1.29, 1.82) is 0 Å². The fraction of sp³-hybridized carbons (Fsp3) is 0.500. The predicted molar refractivity (Wildman–Crippen MR) is 77.2 cm³/mol. The Labute approximate surface area is 123 Å². The molecule has 1 N–H and O–H groups in total. The molecule has 0 radical (unpaired) electrons. The molecule has 4 nitrogen and oxygen atoms in total. The Balaban J connectivity index is 2.16. The molecule has 0 bridgehead atoms. The number of halogens is 2. The second-order valence-corrected chi connectivity index (χ2v) is 5.54. The van der Waals surface area contributed by atoms with E-state index in [1.807, 2.05) is 4.90 Å². The summed E-state index contributed by atoms with van der Waals surface area (Å²) in [5.74, 6) is -0.372. The van der Waals surface area contributed by atoms with Crippen LogP contribution in [0.25, 0.3) is 0 Å². The van der Waals surface area contributed by atoms with Gasteiger partial charge in [-0.1, -0.05) is 23.7 Å². The van der Waals surface area contributed by atoms with E-state index in [1.54, 1.807) is 31.1 Å². The summed E-state index contributed by atoms with van der Waals surface area (Å²) in [5.41, 5.74) is 0.524.